The maximum absolute atomic E-state index is 12.4. The summed E-state index contributed by atoms with van der Waals surface area (Å²) in [7, 11) is -3.51. The monoisotopic (exact) mass is 360 g/mol. The van der Waals surface area contributed by atoms with Crippen molar-refractivity contribution in [1.82, 2.24) is 4.72 Å². The quantitative estimate of drug-likeness (QED) is 0.809. The summed E-state index contributed by atoms with van der Waals surface area (Å²) in [6.45, 7) is 1.96. The molecular weight excluding hydrogens is 340 g/mol. The van der Waals surface area contributed by atoms with Crippen LogP contribution in [0.15, 0.2) is 27.6 Å². The zero-order valence-corrected chi connectivity index (χ0v) is 14.0. The molecule has 4 nitrogen and oxygen atoms in total. The van der Waals surface area contributed by atoms with Crippen molar-refractivity contribution in [2.75, 3.05) is 5.73 Å². The molecular formula is C14H21BrN2O2S. The SMILES string of the molecule is CC(NS(=O)(=O)c1ccc(N)cc1Br)C1CCCCC1. The molecule has 0 amide bonds. The van der Waals surface area contributed by atoms with Gasteiger partial charge in [-0.15, -0.1) is 0 Å². The minimum atomic E-state index is -3.51. The highest BCUT2D eigenvalue weighted by atomic mass is 79.9. The van der Waals surface area contributed by atoms with Gasteiger partial charge >= 0.3 is 0 Å². The molecule has 20 heavy (non-hydrogen) atoms. The van der Waals surface area contributed by atoms with Crippen molar-refractivity contribution in [2.45, 2.75) is 50.0 Å². The first-order valence-corrected chi connectivity index (χ1v) is 9.25. The van der Waals surface area contributed by atoms with E-state index in [0.717, 1.165) is 12.8 Å². The van der Waals surface area contributed by atoms with Gasteiger partial charge in [-0.25, -0.2) is 13.1 Å². The fourth-order valence-electron chi connectivity index (χ4n) is 2.77. The lowest BCUT2D eigenvalue weighted by atomic mass is 9.85. The Balaban J connectivity index is 2.13. The Hall–Kier alpha value is -0.590. The number of hydrogen-bond acceptors (Lipinski definition) is 3. The van der Waals surface area contributed by atoms with E-state index in [-0.39, 0.29) is 10.9 Å². The first kappa shape index (κ1) is 15.8. The van der Waals surface area contributed by atoms with Crippen molar-refractivity contribution >= 4 is 31.6 Å². The summed E-state index contributed by atoms with van der Waals surface area (Å²) in [5, 5.41) is 0. The molecule has 0 saturated heterocycles. The molecule has 0 spiro atoms. The molecule has 6 heteroatoms. The summed E-state index contributed by atoms with van der Waals surface area (Å²) in [5.41, 5.74) is 6.18. The van der Waals surface area contributed by atoms with Gasteiger partial charge in [0.1, 0.15) is 0 Å². The third-order valence-corrected chi connectivity index (χ3v) is 6.48. The molecule has 1 fully saturated rings. The van der Waals surface area contributed by atoms with E-state index in [1.54, 1.807) is 12.1 Å². The standard InChI is InChI=1S/C14H21BrN2O2S/c1-10(11-5-3-2-4-6-11)17-20(18,19)14-8-7-12(16)9-13(14)15/h7-11,17H,2-6,16H2,1H3. The van der Waals surface area contributed by atoms with Crippen molar-refractivity contribution < 1.29 is 8.42 Å². The van der Waals surface area contributed by atoms with Crippen LogP contribution in [-0.2, 0) is 10.0 Å². The molecule has 112 valence electrons. The summed E-state index contributed by atoms with van der Waals surface area (Å²) in [6.07, 6.45) is 5.86. The van der Waals surface area contributed by atoms with Crippen LogP contribution in [0.25, 0.3) is 0 Å². The highest BCUT2D eigenvalue weighted by Crippen LogP contribution is 2.28. The van der Waals surface area contributed by atoms with Crippen LogP contribution in [0.2, 0.25) is 0 Å². The van der Waals surface area contributed by atoms with Crippen molar-refractivity contribution in [3.63, 3.8) is 0 Å². The number of nitrogen functional groups attached to an aromatic ring is 1. The normalized spacial score (nSPS) is 18.9. The van der Waals surface area contributed by atoms with Gasteiger partial charge in [0.05, 0.1) is 4.90 Å². The molecule has 1 aromatic rings. The smallest absolute Gasteiger partial charge is 0.241 e. The maximum Gasteiger partial charge on any atom is 0.241 e. The Bertz CT molecular complexity index is 569. The van der Waals surface area contributed by atoms with Gasteiger partial charge in [-0.2, -0.15) is 0 Å². The van der Waals surface area contributed by atoms with Crippen LogP contribution in [0.3, 0.4) is 0 Å². The van der Waals surface area contributed by atoms with Gasteiger partial charge in [0.15, 0.2) is 0 Å². The molecule has 2 rings (SSSR count). The third kappa shape index (κ3) is 3.74. The van der Waals surface area contributed by atoms with Gasteiger partial charge in [0.2, 0.25) is 10.0 Å². The number of rotatable bonds is 4. The Labute approximate surface area is 129 Å². The van der Waals surface area contributed by atoms with Crippen LogP contribution in [0.5, 0.6) is 0 Å². The van der Waals surface area contributed by atoms with Crippen LogP contribution >= 0.6 is 15.9 Å². The van der Waals surface area contributed by atoms with E-state index < -0.39 is 10.0 Å². The van der Waals surface area contributed by atoms with Gasteiger partial charge in [-0.3, -0.25) is 0 Å². The highest BCUT2D eigenvalue weighted by molar-refractivity contribution is 9.10. The molecule has 1 aliphatic carbocycles. The molecule has 0 aliphatic heterocycles. The van der Waals surface area contributed by atoms with Gasteiger partial charge in [0.25, 0.3) is 0 Å². The highest BCUT2D eigenvalue weighted by Gasteiger charge is 2.26. The summed E-state index contributed by atoms with van der Waals surface area (Å²) in [4.78, 5) is 0.245. The molecule has 1 unspecified atom stereocenters. The molecule has 3 N–H and O–H groups in total. The zero-order chi connectivity index (χ0) is 14.8. The maximum atomic E-state index is 12.4. The van der Waals surface area contributed by atoms with Gasteiger partial charge in [-0.1, -0.05) is 19.3 Å². The largest absolute Gasteiger partial charge is 0.399 e. The number of nitrogens with one attached hydrogen (secondary N) is 1. The van der Waals surface area contributed by atoms with Crippen molar-refractivity contribution in [1.29, 1.82) is 0 Å². The van der Waals surface area contributed by atoms with E-state index in [0.29, 0.717) is 16.1 Å². The molecule has 1 atom stereocenters. The number of hydrogen-bond donors (Lipinski definition) is 2. The number of sulfonamides is 1. The van der Waals surface area contributed by atoms with E-state index in [4.69, 9.17) is 5.73 Å². The first-order valence-electron chi connectivity index (χ1n) is 6.97. The molecule has 0 heterocycles. The second-order valence-corrected chi connectivity index (χ2v) is 8.03. The van der Waals surface area contributed by atoms with Crippen molar-refractivity contribution in [3.05, 3.63) is 22.7 Å². The van der Waals surface area contributed by atoms with Crippen LogP contribution in [0.4, 0.5) is 5.69 Å². The second-order valence-electron chi connectivity index (χ2n) is 5.50. The molecule has 1 aliphatic rings. The van der Waals surface area contributed by atoms with Crippen molar-refractivity contribution in [3.8, 4) is 0 Å². The molecule has 1 saturated carbocycles. The van der Waals surface area contributed by atoms with E-state index >= 15 is 0 Å². The molecule has 0 radical (unpaired) electrons. The summed E-state index contributed by atoms with van der Waals surface area (Å²) >= 11 is 3.27. The summed E-state index contributed by atoms with van der Waals surface area (Å²) < 4.78 is 28.2. The predicted octanol–water partition coefficient (Wildman–Crippen LogP) is 3.28. The van der Waals surface area contributed by atoms with Crippen LogP contribution in [0.1, 0.15) is 39.0 Å². The summed E-state index contributed by atoms with van der Waals surface area (Å²) in [5.74, 6) is 0.436. The lowest BCUT2D eigenvalue weighted by molar-refractivity contribution is 0.303. The fourth-order valence-corrected chi connectivity index (χ4v) is 5.18. The average Bonchev–Trinajstić information content (AvgIpc) is 2.38. The minimum absolute atomic E-state index is 0.0373. The number of benzene rings is 1. The number of anilines is 1. The average molecular weight is 361 g/mol. The van der Waals surface area contributed by atoms with E-state index in [2.05, 4.69) is 20.7 Å². The van der Waals surface area contributed by atoms with Gasteiger partial charge < -0.3 is 5.73 Å². The lowest BCUT2D eigenvalue weighted by Crippen LogP contribution is -2.38. The number of nitrogens with two attached hydrogens (primary N) is 1. The third-order valence-electron chi connectivity index (χ3n) is 3.94. The van der Waals surface area contributed by atoms with Gasteiger partial charge in [-0.05, 0) is 59.8 Å². The minimum Gasteiger partial charge on any atom is -0.399 e. The Morgan fingerprint density at radius 2 is 1.95 bits per heavy atom. The second kappa shape index (κ2) is 6.45. The molecule has 0 bridgehead atoms. The number of halogens is 1. The molecule has 1 aromatic carbocycles. The van der Waals surface area contributed by atoms with Crippen LogP contribution < -0.4 is 10.5 Å². The van der Waals surface area contributed by atoms with Crippen molar-refractivity contribution in [2.24, 2.45) is 5.92 Å². The van der Waals surface area contributed by atoms with Crippen LogP contribution in [0, 0.1) is 5.92 Å². The van der Waals surface area contributed by atoms with E-state index in [1.807, 2.05) is 6.92 Å². The zero-order valence-electron chi connectivity index (χ0n) is 11.6. The fraction of sp³-hybridized carbons (Fsp3) is 0.571. The Morgan fingerprint density at radius 3 is 2.55 bits per heavy atom. The van der Waals surface area contributed by atoms with E-state index in [1.165, 1.54) is 25.3 Å². The summed E-state index contributed by atoms with van der Waals surface area (Å²) in [6, 6.07) is 4.71. The van der Waals surface area contributed by atoms with Gasteiger partial charge in [0, 0.05) is 16.2 Å². The lowest BCUT2D eigenvalue weighted by Gasteiger charge is -2.28. The topological polar surface area (TPSA) is 72.2 Å². The molecule has 0 aromatic heterocycles. The predicted molar refractivity (Wildman–Crippen MR) is 84.9 cm³/mol. The first-order chi connectivity index (χ1) is 9.40. The Kier molecular flexibility index (Phi) is 5.09. The van der Waals surface area contributed by atoms with Crippen LogP contribution in [-0.4, -0.2) is 14.5 Å². The van der Waals surface area contributed by atoms with E-state index in [9.17, 15) is 8.42 Å². The Morgan fingerprint density at radius 1 is 1.30 bits per heavy atom.